The van der Waals surface area contributed by atoms with E-state index in [0.717, 1.165) is 16.8 Å². The number of carbonyl (C=O) groups is 1. The molecular formula is C16H14N2O. The lowest BCUT2D eigenvalue weighted by atomic mass is 10.1. The second-order valence-electron chi connectivity index (χ2n) is 4.52. The highest BCUT2D eigenvalue weighted by atomic mass is 16.1. The lowest BCUT2D eigenvalue weighted by Gasteiger charge is -2.07. The molecule has 2 aromatic carbocycles. The third-order valence-corrected chi connectivity index (χ3v) is 2.73. The van der Waals surface area contributed by atoms with Gasteiger partial charge < -0.3 is 5.32 Å². The maximum Gasteiger partial charge on any atom is 0.255 e. The molecule has 1 N–H and O–H groups in total. The summed E-state index contributed by atoms with van der Waals surface area (Å²) in [6, 6.07) is 14.6. The largest absolute Gasteiger partial charge is 0.322 e. The van der Waals surface area contributed by atoms with Gasteiger partial charge in [-0.1, -0.05) is 12.1 Å². The highest BCUT2D eigenvalue weighted by molar-refractivity contribution is 6.04. The normalized spacial score (nSPS) is 9.74. The molecule has 0 heterocycles. The Kier molecular flexibility index (Phi) is 3.63. The maximum atomic E-state index is 12.1. The molecule has 0 unspecified atom stereocenters. The number of nitriles is 1. The molecule has 3 nitrogen and oxygen atoms in total. The first-order valence-electron chi connectivity index (χ1n) is 5.98. The molecule has 0 aliphatic heterocycles. The predicted molar refractivity (Wildman–Crippen MR) is 75.0 cm³/mol. The van der Waals surface area contributed by atoms with E-state index in [0.29, 0.717) is 11.1 Å². The molecule has 1 amide bonds. The van der Waals surface area contributed by atoms with Crippen molar-refractivity contribution in [3.63, 3.8) is 0 Å². The first kappa shape index (κ1) is 12.8. The molecule has 0 saturated heterocycles. The van der Waals surface area contributed by atoms with Crippen molar-refractivity contribution in [1.29, 1.82) is 5.26 Å². The van der Waals surface area contributed by atoms with E-state index in [9.17, 15) is 4.79 Å². The molecule has 0 saturated carbocycles. The lowest BCUT2D eigenvalue weighted by Crippen LogP contribution is -2.12. The molecule has 0 radical (unpaired) electrons. The number of benzene rings is 2. The molecule has 0 aromatic heterocycles. The van der Waals surface area contributed by atoms with Gasteiger partial charge in [0.15, 0.2) is 0 Å². The summed E-state index contributed by atoms with van der Waals surface area (Å²) >= 11 is 0. The molecule has 3 heteroatoms. The minimum absolute atomic E-state index is 0.206. The number of anilines is 1. The van der Waals surface area contributed by atoms with Gasteiger partial charge in [0.25, 0.3) is 5.91 Å². The smallest absolute Gasteiger partial charge is 0.255 e. The van der Waals surface area contributed by atoms with Crippen LogP contribution in [-0.2, 0) is 0 Å². The number of carbonyl (C=O) groups excluding carboxylic acids is 1. The number of nitrogens with one attached hydrogen (secondary N) is 1. The van der Waals surface area contributed by atoms with Crippen molar-refractivity contribution in [2.24, 2.45) is 0 Å². The number of aryl methyl sites for hydroxylation is 2. The minimum atomic E-state index is -0.206. The standard InChI is InChI=1S/C16H14N2O/c1-11-6-12(2)8-15(7-11)18-16(19)14-5-3-4-13(9-14)10-17/h3-9H,1-2H3,(H,18,19). The molecule has 2 rings (SSSR count). The Hall–Kier alpha value is -2.60. The van der Waals surface area contributed by atoms with Crippen LogP contribution in [0.2, 0.25) is 0 Å². The number of hydrogen-bond donors (Lipinski definition) is 1. The summed E-state index contributed by atoms with van der Waals surface area (Å²) in [6.45, 7) is 3.97. The number of hydrogen-bond acceptors (Lipinski definition) is 2. The molecule has 2 aromatic rings. The molecule has 94 valence electrons. The van der Waals surface area contributed by atoms with Gasteiger partial charge in [-0.3, -0.25) is 4.79 Å². The van der Waals surface area contributed by atoms with Crippen LogP contribution < -0.4 is 5.32 Å². The van der Waals surface area contributed by atoms with E-state index in [-0.39, 0.29) is 5.91 Å². The van der Waals surface area contributed by atoms with E-state index in [1.807, 2.05) is 38.1 Å². The van der Waals surface area contributed by atoms with Crippen molar-refractivity contribution in [2.75, 3.05) is 5.32 Å². The average molecular weight is 250 g/mol. The Bertz CT molecular complexity index is 648. The molecule has 0 aliphatic carbocycles. The Morgan fingerprint density at radius 1 is 1.11 bits per heavy atom. The van der Waals surface area contributed by atoms with Crippen molar-refractivity contribution in [1.82, 2.24) is 0 Å². The fourth-order valence-electron chi connectivity index (χ4n) is 1.98. The Balaban J connectivity index is 2.23. The molecular weight excluding hydrogens is 236 g/mol. The number of rotatable bonds is 2. The van der Waals surface area contributed by atoms with Gasteiger partial charge in [-0.2, -0.15) is 5.26 Å². The van der Waals surface area contributed by atoms with Gasteiger partial charge >= 0.3 is 0 Å². The van der Waals surface area contributed by atoms with Crippen LogP contribution in [0, 0.1) is 25.2 Å². The van der Waals surface area contributed by atoms with Gasteiger partial charge in [-0.05, 0) is 55.3 Å². The van der Waals surface area contributed by atoms with Crippen LogP contribution >= 0.6 is 0 Å². The quantitative estimate of drug-likeness (QED) is 0.887. The minimum Gasteiger partial charge on any atom is -0.322 e. The van der Waals surface area contributed by atoms with Gasteiger partial charge in [0.1, 0.15) is 0 Å². The van der Waals surface area contributed by atoms with Gasteiger partial charge in [0.05, 0.1) is 11.6 Å². The van der Waals surface area contributed by atoms with E-state index < -0.39 is 0 Å². The SMILES string of the molecule is Cc1cc(C)cc(NC(=O)c2cccc(C#N)c2)c1. The van der Waals surface area contributed by atoms with Crippen LogP contribution in [0.15, 0.2) is 42.5 Å². The van der Waals surface area contributed by atoms with Crippen LogP contribution in [0.3, 0.4) is 0 Å². The zero-order valence-electron chi connectivity index (χ0n) is 10.9. The van der Waals surface area contributed by atoms with E-state index in [1.165, 1.54) is 0 Å². The van der Waals surface area contributed by atoms with Crippen molar-refractivity contribution < 1.29 is 4.79 Å². The third-order valence-electron chi connectivity index (χ3n) is 2.73. The van der Waals surface area contributed by atoms with Crippen LogP contribution in [0.25, 0.3) is 0 Å². The predicted octanol–water partition coefficient (Wildman–Crippen LogP) is 3.43. The highest BCUT2D eigenvalue weighted by Gasteiger charge is 2.07. The Morgan fingerprint density at radius 3 is 2.42 bits per heavy atom. The van der Waals surface area contributed by atoms with Crippen molar-refractivity contribution in [2.45, 2.75) is 13.8 Å². The molecule has 0 aliphatic rings. The van der Waals surface area contributed by atoms with Gasteiger partial charge in [-0.25, -0.2) is 0 Å². The topological polar surface area (TPSA) is 52.9 Å². The van der Waals surface area contributed by atoms with Crippen LogP contribution in [0.4, 0.5) is 5.69 Å². The van der Waals surface area contributed by atoms with E-state index >= 15 is 0 Å². The number of nitrogens with zero attached hydrogens (tertiary/aromatic N) is 1. The highest BCUT2D eigenvalue weighted by Crippen LogP contribution is 2.15. The molecule has 19 heavy (non-hydrogen) atoms. The zero-order chi connectivity index (χ0) is 13.8. The van der Waals surface area contributed by atoms with E-state index in [4.69, 9.17) is 5.26 Å². The van der Waals surface area contributed by atoms with Crippen LogP contribution in [0.5, 0.6) is 0 Å². The second kappa shape index (κ2) is 5.36. The number of amides is 1. The second-order valence-corrected chi connectivity index (χ2v) is 4.52. The maximum absolute atomic E-state index is 12.1. The first-order valence-corrected chi connectivity index (χ1v) is 5.98. The molecule has 0 atom stereocenters. The summed E-state index contributed by atoms with van der Waals surface area (Å²) in [7, 11) is 0. The summed E-state index contributed by atoms with van der Waals surface area (Å²) in [6.07, 6.45) is 0. The Labute approximate surface area is 112 Å². The third kappa shape index (κ3) is 3.20. The van der Waals surface area contributed by atoms with Gasteiger partial charge in [-0.15, -0.1) is 0 Å². The van der Waals surface area contributed by atoms with E-state index in [2.05, 4.69) is 5.32 Å². The first-order chi connectivity index (χ1) is 9.08. The summed E-state index contributed by atoms with van der Waals surface area (Å²) in [5.41, 5.74) is 3.93. The Morgan fingerprint density at radius 2 is 1.79 bits per heavy atom. The fourth-order valence-corrected chi connectivity index (χ4v) is 1.98. The lowest BCUT2D eigenvalue weighted by molar-refractivity contribution is 0.102. The summed E-state index contributed by atoms with van der Waals surface area (Å²) < 4.78 is 0. The summed E-state index contributed by atoms with van der Waals surface area (Å²) in [4.78, 5) is 12.1. The zero-order valence-corrected chi connectivity index (χ0v) is 10.9. The summed E-state index contributed by atoms with van der Waals surface area (Å²) in [5, 5.41) is 11.7. The van der Waals surface area contributed by atoms with Crippen molar-refractivity contribution in [3.05, 3.63) is 64.7 Å². The van der Waals surface area contributed by atoms with Gasteiger partial charge in [0.2, 0.25) is 0 Å². The van der Waals surface area contributed by atoms with Crippen molar-refractivity contribution >= 4 is 11.6 Å². The van der Waals surface area contributed by atoms with Crippen molar-refractivity contribution in [3.8, 4) is 6.07 Å². The molecule has 0 spiro atoms. The van der Waals surface area contributed by atoms with Crippen LogP contribution in [-0.4, -0.2) is 5.91 Å². The van der Waals surface area contributed by atoms with Gasteiger partial charge in [0, 0.05) is 11.3 Å². The average Bonchev–Trinajstić information content (AvgIpc) is 2.37. The monoisotopic (exact) mass is 250 g/mol. The fraction of sp³-hybridized carbons (Fsp3) is 0.125. The molecule has 0 bridgehead atoms. The van der Waals surface area contributed by atoms with E-state index in [1.54, 1.807) is 24.3 Å². The summed E-state index contributed by atoms with van der Waals surface area (Å²) in [5.74, 6) is -0.206. The molecule has 0 fully saturated rings. The van der Waals surface area contributed by atoms with Crippen LogP contribution in [0.1, 0.15) is 27.0 Å².